The summed E-state index contributed by atoms with van der Waals surface area (Å²) in [4.78, 5) is 0. The Balaban J connectivity index is 3.71. The largest absolute Gasteiger partial charge is 0.327 e. The molecule has 0 heterocycles. The van der Waals surface area contributed by atoms with Crippen molar-refractivity contribution in [3.05, 3.63) is 0 Å². The highest BCUT2D eigenvalue weighted by Crippen LogP contribution is 2.22. The van der Waals surface area contributed by atoms with Crippen molar-refractivity contribution in [3.8, 4) is 0 Å². The summed E-state index contributed by atoms with van der Waals surface area (Å²) in [5.41, 5.74) is 6.00. The van der Waals surface area contributed by atoms with Gasteiger partial charge in [-0.3, -0.25) is 0 Å². The molecule has 8 heavy (non-hydrogen) atoms. The van der Waals surface area contributed by atoms with Gasteiger partial charge >= 0.3 is 0 Å². The lowest BCUT2D eigenvalue weighted by atomic mass is 9.84. The van der Waals surface area contributed by atoms with Gasteiger partial charge in [0.25, 0.3) is 0 Å². The van der Waals surface area contributed by atoms with Crippen LogP contribution in [0.15, 0.2) is 0 Å². The van der Waals surface area contributed by atoms with E-state index in [4.69, 9.17) is 5.73 Å². The minimum absolute atomic E-state index is 0.312. The molecule has 0 aromatic heterocycles. The fourth-order valence-corrected chi connectivity index (χ4v) is 0.322. The van der Waals surface area contributed by atoms with E-state index >= 15 is 0 Å². The molecule has 0 aromatic rings. The van der Waals surface area contributed by atoms with Gasteiger partial charge in [-0.25, -0.2) is 0 Å². The maximum Gasteiger partial charge on any atom is 0.00616 e. The van der Waals surface area contributed by atoms with Crippen molar-refractivity contribution in [3.63, 3.8) is 0 Å². The molecule has 0 saturated carbocycles. The molecule has 0 unspecified atom stereocenters. The van der Waals surface area contributed by atoms with Crippen LogP contribution in [0.2, 0.25) is 0 Å². The van der Waals surface area contributed by atoms with Crippen LogP contribution in [0.1, 0.15) is 34.1 Å². The van der Waals surface area contributed by atoms with E-state index in [1.807, 2.05) is 0 Å². The van der Waals surface area contributed by atoms with Crippen LogP contribution < -0.4 is 5.73 Å². The predicted molar refractivity (Wildman–Crippen MR) is 37.7 cm³/mol. The van der Waals surface area contributed by atoms with Crippen molar-refractivity contribution in [1.82, 2.24) is 0 Å². The third-order valence-electron chi connectivity index (χ3n) is 2.14. The zero-order valence-electron chi connectivity index (χ0n) is 6.36. The Morgan fingerprint density at radius 2 is 1.88 bits per heavy atom. The van der Waals surface area contributed by atoms with E-state index in [-0.39, 0.29) is 0 Å². The fraction of sp³-hybridized carbons (Fsp3) is 1.00. The Labute approximate surface area is 52.3 Å². The first kappa shape index (κ1) is 7.96. The van der Waals surface area contributed by atoms with Gasteiger partial charge < -0.3 is 5.73 Å². The minimum atomic E-state index is 0.312. The molecule has 0 radical (unpaired) electrons. The molecule has 0 rings (SSSR count). The summed E-state index contributed by atoms with van der Waals surface area (Å²) in [5, 5.41) is 0. The van der Waals surface area contributed by atoms with Crippen molar-refractivity contribution in [2.75, 3.05) is 0 Å². The highest BCUT2D eigenvalue weighted by atomic mass is 14.7. The molecule has 0 amide bonds. The first-order chi connectivity index (χ1) is 3.50. The predicted octanol–water partition coefficient (Wildman–Crippen LogP) is 1.77. The molecule has 1 heteroatoms. The third kappa shape index (κ3) is 1.83. The monoisotopic (exact) mass is 115 g/mol. The van der Waals surface area contributed by atoms with E-state index in [0.717, 1.165) is 6.42 Å². The summed E-state index contributed by atoms with van der Waals surface area (Å²) in [5.74, 6) is 0. The van der Waals surface area contributed by atoms with Crippen molar-refractivity contribution in [2.45, 2.75) is 40.2 Å². The number of hydrogen-bond donors (Lipinski definition) is 1. The zero-order valence-corrected chi connectivity index (χ0v) is 6.36. The molecule has 0 aliphatic rings. The van der Waals surface area contributed by atoms with Crippen LogP contribution in [0.4, 0.5) is 0 Å². The number of nitrogens with two attached hydrogens (primary N) is 1. The average Bonchev–Trinajstić information content (AvgIpc) is 1.67. The Bertz CT molecular complexity index is 64.8. The lowest BCUT2D eigenvalue weighted by molar-refractivity contribution is 0.290. The molecule has 0 bridgehead atoms. The summed E-state index contributed by atoms with van der Waals surface area (Å²) in [6.45, 7) is 8.61. The standard InChI is InChI=1S/C7H17N/c1-5-7(3,4)6(2)8/h6H,5,8H2,1-4H3/t6-/m0/s1. The lowest BCUT2D eigenvalue weighted by Crippen LogP contribution is -2.33. The summed E-state index contributed by atoms with van der Waals surface area (Å²) in [6.07, 6.45) is 1.16. The highest BCUT2D eigenvalue weighted by molar-refractivity contribution is 4.75. The van der Waals surface area contributed by atoms with Crippen molar-refractivity contribution < 1.29 is 0 Å². The minimum Gasteiger partial charge on any atom is -0.327 e. The van der Waals surface area contributed by atoms with Gasteiger partial charge in [0.05, 0.1) is 0 Å². The SMILES string of the molecule is CCC(C)(C)[C@H](C)N. The summed E-state index contributed by atoms with van der Waals surface area (Å²) in [7, 11) is 0. The molecular weight excluding hydrogens is 98.1 g/mol. The van der Waals surface area contributed by atoms with Gasteiger partial charge in [-0.05, 0) is 18.8 Å². The quantitative estimate of drug-likeness (QED) is 0.583. The number of hydrogen-bond acceptors (Lipinski definition) is 1. The van der Waals surface area contributed by atoms with Gasteiger partial charge in [0.1, 0.15) is 0 Å². The van der Waals surface area contributed by atoms with Crippen molar-refractivity contribution in [1.29, 1.82) is 0 Å². The van der Waals surface area contributed by atoms with E-state index in [2.05, 4.69) is 27.7 Å². The van der Waals surface area contributed by atoms with Crippen LogP contribution in [0.5, 0.6) is 0 Å². The fourth-order valence-electron chi connectivity index (χ4n) is 0.322. The van der Waals surface area contributed by atoms with E-state index in [0.29, 0.717) is 11.5 Å². The lowest BCUT2D eigenvalue weighted by Gasteiger charge is -2.26. The van der Waals surface area contributed by atoms with E-state index in [1.54, 1.807) is 0 Å². The Hall–Kier alpha value is -0.0400. The second-order valence-electron chi connectivity index (χ2n) is 3.13. The van der Waals surface area contributed by atoms with Gasteiger partial charge in [-0.15, -0.1) is 0 Å². The van der Waals surface area contributed by atoms with Crippen LogP contribution in [-0.4, -0.2) is 6.04 Å². The smallest absolute Gasteiger partial charge is 0.00616 e. The average molecular weight is 115 g/mol. The molecule has 50 valence electrons. The maximum absolute atomic E-state index is 5.68. The third-order valence-corrected chi connectivity index (χ3v) is 2.14. The Morgan fingerprint density at radius 1 is 1.50 bits per heavy atom. The van der Waals surface area contributed by atoms with Crippen molar-refractivity contribution >= 4 is 0 Å². The van der Waals surface area contributed by atoms with Gasteiger partial charge in [0, 0.05) is 6.04 Å². The van der Waals surface area contributed by atoms with Gasteiger partial charge in [-0.1, -0.05) is 20.8 Å². The Kier molecular flexibility index (Phi) is 2.48. The zero-order chi connectivity index (χ0) is 6.78. The van der Waals surface area contributed by atoms with Crippen LogP contribution in [0.3, 0.4) is 0 Å². The van der Waals surface area contributed by atoms with Crippen LogP contribution in [0, 0.1) is 5.41 Å². The van der Waals surface area contributed by atoms with E-state index < -0.39 is 0 Å². The topological polar surface area (TPSA) is 26.0 Å². The second kappa shape index (κ2) is 2.49. The summed E-state index contributed by atoms with van der Waals surface area (Å²) >= 11 is 0. The number of rotatable bonds is 2. The maximum atomic E-state index is 5.68. The van der Waals surface area contributed by atoms with Crippen LogP contribution >= 0.6 is 0 Å². The molecule has 0 aliphatic carbocycles. The summed E-state index contributed by atoms with van der Waals surface area (Å²) in [6, 6.07) is 0.312. The molecule has 2 N–H and O–H groups in total. The van der Waals surface area contributed by atoms with E-state index in [1.165, 1.54) is 0 Å². The first-order valence-corrected chi connectivity index (χ1v) is 3.26. The van der Waals surface area contributed by atoms with Gasteiger partial charge in [-0.2, -0.15) is 0 Å². The molecule has 1 atom stereocenters. The second-order valence-corrected chi connectivity index (χ2v) is 3.13. The molecule has 0 fully saturated rings. The normalized spacial score (nSPS) is 16.1. The highest BCUT2D eigenvalue weighted by Gasteiger charge is 2.19. The van der Waals surface area contributed by atoms with Crippen molar-refractivity contribution in [2.24, 2.45) is 11.1 Å². The van der Waals surface area contributed by atoms with Gasteiger partial charge in [0.15, 0.2) is 0 Å². The molecule has 0 aromatic carbocycles. The van der Waals surface area contributed by atoms with Gasteiger partial charge in [0.2, 0.25) is 0 Å². The van der Waals surface area contributed by atoms with E-state index in [9.17, 15) is 0 Å². The first-order valence-electron chi connectivity index (χ1n) is 3.26. The Morgan fingerprint density at radius 3 is 1.88 bits per heavy atom. The molecule has 0 aliphatic heterocycles. The summed E-state index contributed by atoms with van der Waals surface area (Å²) < 4.78 is 0. The molecule has 0 spiro atoms. The van der Waals surface area contributed by atoms with Crippen LogP contribution in [-0.2, 0) is 0 Å². The molecule has 0 saturated heterocycles. The molecule has 1 nitrogen and oxygen atoms in total. The molecular formula is C7H17N. The van der Waals surface area contributed by atoms with Crippen LogP contribution in [0.25, 0.3) is 0 Å².